The van der Waals surface area contributed by atoms with Gasteiger partial charge in [-0.2, -0.15) is 0 Å². The minimum atomic E-state index is -0.888. The molecule has 20 heavy (non-hydrogen) atoms. The highest BCUT2D eigenvalue weighted by Gasteiger charge is 2.37. The molecule has 3 N–H and O–H groups in total. The number of ether oxygens (including phenoxy) is 2. The van der Waals surface area contributed by atoms with Gasteiger partial charge >= 0.3 is 12.0 Å². The molecule has 1 rings (SSSR count). The molecule has 1 aliphatic rings. The first-order valence-electron chi connectivity index (χ1n) is 6.81. The predicted molar refractivity (Wildman–Crippen MR) is 72.7 cm³/mol. The van der Waals surface area contributed by atoms with Crippen molar-refractivity contribution in [1.29, 1.82) is 0 Å². The normalized spacial score (nSPS) is 18.5. The van der Waals surface area contributed by atoms with Gasteiger partial charge in [0, 0.05) is 20.8 Å². The van der Waals surface area contributed by atoms with E-state index in [4.69, 9.17) is 14.6 Å². The number of carbonyl (C=O) groups excluding carboxylic acids is 1. The minimum Gasteiger partial charge on any atom is -0.481 e. The average Bonchev–Trinajstić information content (AvgIpc) is 2.81. The highest BCUT2D eigenvalue weighted by molar-refractivity contribution is 5.76. The highest BCUT2D eigenvalue weighted by atomic mass is 16.5. The van der Waals surface area contributed by atoms with Crippen LogP contribution in [0.2, 0.25) is 0 Å². The number of carboxylic acid groups (broad SMARTS) is 1. The van der Waals surface area contributed by atoms with Gasteiger partial charge in [-0.3, -0.25) is 4.79 Å². The molecular weight excluding hydrogens is 264 g/mol. The Bertz CT molecular complexity index is 329. The van der Waals surface area contributed by atoms with E-state index in [9.17, 15) is 9.59 Å². The lowest BCUT2D eigenvalue weighted by Gasteiger charge is -2.29. The molecule has 2 amide bonds. The molecule has 0 bridgehead atoms. The maximum Gasteiger partial charge on any atom is 0.315 e. The van der Waals surface area contributed by atoms with Crippen LogP contribution >= 0.6 is 0 Å². The van der Waals surface area contributed by atoms with Gasteiger partial charge in [0.15, 0.2) is 0 Å². The Hall–Kier alpha value is -1.34. The molecule has 0 saturated heterocycles. The molecular formula is C13H24N2O5. The van der Waals surface area contributed by atoms with Gasteiger partial charge < -0.3 is 25.2 Å². The summed E-state index contributed by atoms with van der Waals surface area (Å²) < 4.78 is 10.1. The van der Waals surface area contributed by atoms with Crippen LogP contribution in [0.25, 0.3) is 0 Å². The first-order valence-corrected chi connectivity index (χ1v) is 6.81. The number of urea groups is 1. The van der Waals surface area contributed by atoms with Crippen LogP contribution in [0, 0.1) is 0 Å². The zero-order chi connectivity index (χ0) is 15.0. The minimum absolute atomic E-state index is 0.0355. The quantitative estimate of drug-likeness (QED) is 0.612. The molecule has 0 heterocycles. The fourth-order valence-corrected chi connectivity index (χ4v) is 2.57. The number of carboxylic acids is 1. The molecule has 1 unspecified atom stereocenters. The molecule has 0 aromatic rings. The maximum atomic E-state index is 11.9. The van der Waals surface area contributed by atoms with Crippen molar-refractivity contribution in [3.63, 3.8) is 0 Å². The van der Waals surface area contributed by atoms with E-state index in [1.165, 1.54) is 0 Å². The van der Waals surface area contributed by atoms with E-state index >= 15 is 0 Å². The van der Waals surface area contributed by atoms with E-state index in [0.29, 0.717) is 26.0 Å². The maximum absolute atomic E-state index is 11.9. The summed E-state index contributed by atoms with van der Waals surface area (Å²) in [5.41, 5.74) is -0.611. The molecule has 0 aliphatic heterocycles. The topological polar surface area (TPSA) is 96.9 Å². The van der Waals surface area contributed by atoms with Crippen LogP contribution in [0.5, 0.6) is 0 Å². The van der Waals surface area contributed by atoms with Crippen LogP contribution in [-0.2, 0) is 14.3 Å². The van der Waals surface area contributed by atoms with Crippen molar-refractivity contribution in [2.45, 2.75) is 43.7 Å². The Morgan fingerprint density at radius 2 is 1.95 bits per heavy atom. The SMILES string of the molecule is COCC(CNC(=O)NC1(CC(=O)O)CCCC1)OC. The summed E-state index contributed by atoms with van der Waals surface area (Å²) >= 11 is 0. The largest absolute Gasteiger partial charge is 0.481 e. The van der Waals surface area contributed by atoms with Gasteiger partial charge in [0.2, 0.25) is 0 Å². The number of hydrogen-bond donors (Lipinski definition) is 3. The Labute approximate surface area is 119 Å². The second kappa shape index (κ2) is 8.06. The molecule has 1 atom stereocenters. The van der Waals surface area contributed by atoms with Gasteiger partial charge in [0.25, 0.3) is 0 Å². The molecule has 1 fully saturated rings. The van der Waals surface area contributed by atoms with E-state index in [0.717, 1.165) is 12.8 Å². The van der Waals surface area contributed by atoms with Gasteiger partial charge in [0.1, 0.15) is 0 Å². The van der Waals surface area contributed by atoms with Gasteiger partial charge in [-0.15, -0.1) is 0 Å². The number of methoxy groups -OCH3 is 2. The second-order valence-corrected chi connectivity index (χ2v) is 5.21. The second-order valence-electron chi connectivity index (χ2n) is 5.21. The van der Waals surface area contributed by atoms with Gasteiger partial charge in [-0.1, -0.05) is 12.8 Å². The fourth-order valence-electron chi connectivity index (χ4n) is 2.57. The van der Waals surface area contributed by atoms with Crippen LogP contribution in [0.15, 0.2) is 0 Å². The van der Waals surface area contributed by atoms with Crippen molar-refractivity contribution in [1.82, 2.24) is 10.6 Å². The fraction of sp³-hybridized carbons (Fsp3) is 0.846. The van der Waals surface area contributed by atoms with Crippen LogP contribution in [-0.4, -0.2) is 56.1 Å². The molecule has 0 aromatic heterocycles. The lowest BCUT2D eigenvalue weighted by atomic mass is 9.93. The Morgan fingerprint density at radius 3 is 2.45 bits per heavy atom. The summed E-state index contributed by atoms with van der Waals surface area (Å²) in [5, 5.41) is 14.5. The Balaban J connectivity index is 2.44. The average molecular weight is 288 g/mol. The van der Waals surface area contributed by atoms with E-state index in [1.54, 1.807) is 14.2 Å². The summed E-state index contributed by atoms with van der Waals surface area (Å²) in [6.07, 6.45) is 3.05. The molecule has 1 aliphatic carbocycles. The van der Waals surface area contributed by atoms with Crippen LogP contribution in [0.1, 0.15) is 32.1 Å². The molecule has 1 saturated carbocycles. The summed E-state index contributed by atoms with van der Waals surface area (Å²) in [7, 11) is 3.11. The summed E-state index contributed by atoms with van der Waals surface area (Å²) in [5.74, 6) is -0.888. The summed E-state index contributed by atoms with van der Waals surface area (Å²) in [6, 6.07) is -0.355. The number of aliphatic carboxylic acids is 1. The van der Waals surface area contributed by atoms with Crippen LogP contribution in [0.3, 0.4) is 0 Å². The standard InChI is InChI=1S/C13H24N2O5/c1-19-9-10(20-2)8-14-12(18)15-13(7-11(16)17)5-3-4-6-13/h10H,3-9H2,1-2H3,(H,16,17)(H2,14,15,18). The monoisotopic (exact) mass is 288 g/mol. The zero-order valence-electron chi connectivity index (χ0n) is 12.1. The summed E-state index contributed by atoms with van der Waals surface area (Å²) in [6.45, 7) is 0.705. The number of hydrogen-bond acceptors (Lipinski definition) is 4. The third kappa shape index (κ3) is 5.34. The summed E-state index contributed by atoms with van der Waals surface area (Å²) in [4.78, 5) is 22.8. The van der Waals surface area contributed by atoms with E-state index in [1.807, 2.05) is 0 Å². The number of carbonyl (C=O) groups is 2. The number of amides is 2. The van der Waals surface area contributed by atoms with Crippen molar-refractivity contribution >= 4 is 12.0 Å². The lowest BCUT2D eigenvalue weighted by Crippen LogP contribution is -2.53. The van der Waals surface area contributed by atoms with Gasteiger partial charge in [-0.05, 0) is 12.8 Å². The Kier molecular flexibility index (Phi) is 6.74. The van der Waals surface area contributed by atoms with Crippen molar-refractivity contribution < 1.29 is 24.2 Å². The van der Waals surface area contributed by atoms with E-state index < -0.39 is 11.5 Å². The van der Waals surface area contributed by atoms with E-state index in [2.05, 4.69) is 10.6 Å². The van der Waals surface area contributed by atoms with Crippen molar-refractivity contribution in [3.05, 3.63) is 0 Å². The lowest BCUT2D eigenvalue weighted by molar-refractivity contribution is -0.138. The van der Waals surface area contributed by atoms with Crippen LogP contribution in [0.4, 0.5) is 4.79 Å². The molecule has 0 radical (unpaired) electrons. The molecule has 7 heteroatoms. The molecule has 0 aromatic carbocycles. The van der Waals surface area contributed by atoms with Gasteiger partial charge in [-0.25, -0.2) is 4.79 Å². The predicted octanol–water partition coefficient (Wildman–Crippen LogP) is 0.735. The zero-order valence-corrected chi connectivity index (χ0v) is 12.1. The number of nitrogens with one attached hydrogen (secondary N) is 2. The van der Waals surface area contributed by atoms with E-state index in [-0.39, 0.29) is 18.6 Å². The van der Waals surface area contributed by atoms with Crippen molar-refractivity contribution in [2.24, 2.45) is 0 Å². The van der Waals surface area contributed by atoms with Crippen LogP contribution < -0.4 is 10.6 Å². The molecule has 116 valence electrons. The van der Waals surface area contributed by atoms with Crippen molar-refractivity contribution in [2.75, 3.05) is 27.4 Å². The number of rotatable bonds is 8. The van der Waals surface area contributed by atoms with Crippen molar-refractivity contribution in [3.8, 4) is 0 Å². The first kappa shape index (κ1) is 16.7. The van der Waals surface area contributed by atoms with Gasteiger partial charge in [0.05, 0.1) is 24.7 Å². The third-order valence-corrected chi connectivity index (χ3v) is 3.61. The smallest absolute Gasteiger partial charge is 0.315 e. The molecule has 7 nitrogen and oxygen atoms in total. The first-order chi connectivity index (χ1) is 9.51. The molecule has 0 spiro atoms. The highest BCUT2D eigenvalue weighted by Crippen LogP contribution is 2.32. The third-order valence-electron chi connectivity index (χ3n) is 3.61. The Morgan fingerprint density at radius 1 is 1.30 bits per heavy atom.